The first kappa shape index (κ1) is 22.0. The molecule has 0 aliphatic heterocycles. The number of hydrogen-bond donors (Lipinski definition) is 0. The number of rotatable bonds is 4. The molecule has 0 fully saturated rings. The van der Waals surface area contributed by atoms with E-state index < -0.39 is 0 Å². The van der Waals surface area contributed by atoms with Crippen molar-refractivity contribution in [2.75, 3.05) is 0 Å². The van der Waals surface area contributed by atoms with E-state index in [9.17, 15) is 4.79 Å². The summed E-state index contributed by atoms with van der Waals surface area (Å²) in [4.78, 5) is 21.0. The zero-order chi connectivity index (χ0) is 22.4. The molecular formula is C25H22Cl2N2OS2. The van der Waals surface area contributed by atoms with Crippen molar-refractivity contribution in [3.63, 3.8) is 0 Å². The molecule has 7 heteroatoms. The molecule has 0 saturated heterocycles. The number of thiophene rings is 1. The number of benzene rings is 2. The standard InChI is InChI=1S/C25H22Cl2N2OS2/c1-14-3-8-18(9-4-14)29-24(30)22-19-10-5-15(2)11-21(19)32-23(22)28-25(29)31-13-16-6-7-17(26)12-20(16)27/h3-4,6-9,12,15H,5,10-11,13H2,1-2H3. The number of nitrogens with zero attached hydrogens (tertiary/aromatic N) is 2. The van der Waals surface area contributed by atoms with Gasteiger partial charge < -0.3 is 0 Å². The predicted molar refractivity (Wildman–Crippen MR) is 137 cm³/mol. The second-order valence-corrected chi connectivity index (χ2v) is 11.3. The van der Waals surface area contributed by atoms with Crippen molar-refractivity contribution in [1.82, 2.24) is 9.55 Å². The molecule has 0 amide bonds. The number of thioether (sulfide) groups is 1. The van der Waals surface area contributed by atoms with Gasteiger partial charge in [0, 0.05) is 20.7 Å². The highest BCUT2D eigenvalue weighted by molar-refractivity contribution is 7.98. The van der Waals surface area contributed by atoms with Gasteiger partial charge in [-0.05, 0) is 67.5 Å². The van der Waals surface area contributed by atoms with E-state index in [0.717, 1.165) is 46.3 Å². The Balaban J connectivity index is 1.65. The third-order valence-corrected chi connectivity index (χ3v) is 8.69. The first-order valence-corrected chi connectivity index (χ1v) is 13.2. The highest BCUT2D eigenvalue weighted by Gasteiger charge is 2.25. The summed E-state index contributed by atoms with van der Waals surface area (Å²) in [5, 5.41) is 2.71. The van der Waals surface area contributed by atoms with Crippen LogP contribution in [0.5, 0.6) is 0 Å². The number of aryl methyl sites for hydroxylation is 2. The van der Waals surface area contributed by atoms with Gasteiger partial charge in [-0.2, -0.15) is 0 Å². The highest BCUT2D eigenvalue weighted by Crippen LogP contribution is 2.37. The van der Waals surface area contributed by atoms with Crippen LogP contribution in [-0.2, 0) is 18.6 Å². The van der Waals surface area contributed by atoms with Crippen molar-refractivity contribution >= 4 is 56.5 Å². The molecule has 0 bridgehead atoms. The van der Waals surface area contributed by atoms with Crippen LogP contribution in [0.4, 0.5) is 0 Å². The molecule has 32 heavy (non-hydrogen) atoms. The van der Waals surface area contributed by atoms with Gasteiger partial charge in [0.05, 0.1) is 11.1 Å². The maximum atomic E-state index is 13.8. The van der Waals surface area contributed by atoms with E-state index in [2.05, 4.69) is 6.92 Å². The summed E-state index contributed by atoms with van der Waals surface area (Å²) in [5.74, 6) is 1.25. The van der Waals surface area contributed by atoms with Crippen LogP contribution in [0.1, 0.15) is 34.9 Å². The monoisotopic (exact) mass is 500 g/mol. The first-order valence-electron chi connectivity index (χ1n) is 10.6. The van der Waals surface area contributed by atoms with E-state index in [1.807, 2.05) is 43.3 Å². The Morgan fingerprint density at radius 3 is 2.72 bits per heavy atom. The van der Waals surface area contributed by atoms with Gasteiger partial charge in [-0.25, -0.2) is 4.98 Å². The smallest absolute Gasteiger partial charge is 0.267 e. The van der Waals surface area contributed by atoms with Crippen LogP contribution >= 0.6 is 46.3 Å². The molecule has 2 aromatic carbocycles. The first-order chi connectivity index (χ1) is 15.4. The third-order valence-electron chi connectivity index (χ3n) is 5.96. The Kier molecular flexibility index (Phi) is 6.10. The Morgan fingerprint density at radius 1 is 1.19 bits per heavy atom. The molecule has 164 valence electrons. The molecule has 5 rings (SSSR count). The molecule has 4 aromatic rings. The van der Waals surface area contributed by atoms with Gasteiger partial charge in [0.2, 0.25) is 0 Å². The van der Waals surface area contributed by atoms with E-state index in [0.29, 0.717) is 26.9 Å². The average molecular weight is 502 g/mol. The van der Waals surface area contributed by atoms with E-state index in [-0.39, 0.29) is 5.56 Å². The van der Waals surface area contributed by atoms with Crippen LogP contribution in [0.2, 0.25) is 10.0 Å². The summed E-state index contributed by atoms with van der Waals surface area (Å²) >= 11 is 15.7. The fraction of sp³-hybridized carbons (Fsp3) is 0.280. The zero-order valence-electron chi connectivity index (χ0n) is 17.8. The maximum Gasteiger partial charge on any atom is 0.267 e. The Morgan fingerprint density at radius 2 is 1.97 bits per heavy atom. The molecule has 1 atom stereocenters. The van der Waals surface area contributed by atoms with Gasteiger partial charge in [-0.15, -0.1) is 11.3 Å². The van der Waals surface area contributed by atoms with Crippen LogP contribution in [0.25, 0.3) is 15.9 Å². The van der Waals surface area contributed by atoms with Crippen LogP contribution in [0.15, 0.2) is 52.4 Å². The molecule has 0 radical (unpaired) electrons. The molecule has 1 aliphatic rings. The van der Waals surface area contributed by atoms with Gasteiger partial charge in [-0.1, -0.05) is 65.7 Å². The van der Waals surface area contributed by atoms with E-state index >= 15 is 0 Å². The number of aromatic nitrogens is 2. The molecule has 3 nitrogen and oxygen atoms in total. The predicted octanol–water partition coefficient (Wildman–Crippen LogP) is 7.48. The largest absolute Gasteiger partial charge is 0.268 e. The molecular weight excluding hydrogens is 479 g/mol. The maximum absolute atomic E-state index is 13.8. The summed E-state index contributed by atoms with van der Waals surface area (Å²) in [6, 6.07) is 13.5. The van der Waals surface area contributed by atoms with Crippen LogP contribution in [-0.4, -0.2) is 9.55 Å². The summed E-state index contributed by atoms with van der Waals surface area (Å²) in [6.07, 6.45) is 3.10. The average Bonchev–Trinajstić information content (AvgIpc) is 3.11. The summed E-state index contributed by atoms with van der Waals surface area (Å²) < 4.78 is 1.77. The second kappa shape index (κ2) is 8.86. The minimum absolute atomic E-state index is 0.0237. The molecule has 2 heterocycles. The van der Waals surface area contributed by atoms with Crippen molar-refractivity contribution in [3.8, 4) is 5.69 Å². The molecule has 0 saturated carbocycles. The van der Waals surface area contributed by atoms with Crippen molar-refractivity contribution < 1.29 is 0 Å². The van der Waals surface area contributed by atoms with Crippen LogP contribution in [0.3, 0.4) is 0 Å². The lowest BCUT2D eigenvalue weighted by molar-refractivity contribution is 0.509. The summed E-state index contributed by atoms with van der Waals surface area (Å²) in [5.41, 5.74) is 4.18. The lowest BCUT2D eigenvalue weighted by Gasteiger charge is -2.18. The van der Waals surface area contributed by atoms with E-state index in [1.54, 1.807) is 22.0 Å². The minimum atomic E-state index is 0.0237. The lowest BCUT2D eigenvalue weighted by atomic mass is 9.89. The Hall–Kier alpha value is -1.79. The van der Waals surface area contributed by atoms with Crippen molar-refractivity contribution in [2.45, 2.75) is 44.0 Å². The minimum Gasteiger partial charge on any atom is -0.268 e. The van der Waals surface area contributed by atoms with E-state index in [1.165, 1.54) is 22.2 Å². The SMILES string of the molecule is Cc1ccc(-n2c(SCc3ccc(Cl)cc3Cl)nc3sc4c(c3c2=O)CCC(C)C4)cc1. The highest BCUT2D eigenvalue weighted by atomic mass is 35.5. The fourth-order valence-corrected chi connectivity index (χ4v) is 7.17. The molecule has 2 aromatic heterocycles. The lowest BCUT2D eigenvalue weighted by Crippen LogP contribution is -2.22. The van der Waals surface area contributed by atoms with Gasteiger partial charge >= 0.3 is 0 Å². The third kappa shape index (κ3) is 4.12. The second-order valence-electron chi connectivity index (χ2n) is 8.43. The van der Waals surface area contributed by atoms with Crippen molar-refractivity contribution in [3.05, 3.63) is 84.4 Å². The molecule has 0 N–H and O–H groups in total. The fourth-order valence-electron chi connectivity index (χ4n) is 4.17. The quantitative estimate of drug-likeness (QED) is 0.215. The summed E-state index contributed by atoms with van der Waals surface area (Å²) in [7, 11) is 0. The topological polar surface area (TPSA) is 34.9 Å². The van der Waals surface area contributed by atoms with Crippen LogP contribution < -0.4 is 5.56 Å². The number of halogens is 2. The molecule has 0 spiro atoms. The Bertz CT molecular complexity index is 1380. The number of hydrogen-bond acceptors (Lipinski definition) is 4. The zero-order valence-corrected chi connectivity index (χ0v) is 21.0. The van der Waals surface area contributed by atoms with Crippen molar-refractivity contribution in [2.24, 2.45) is 5.92 Å². The van der Waals surface area contributed by atoms with Crippen molar-refractivity contribution in [1.29, 1.82) is 0 Å². The number of fused-ring (bicyclic) bond motifs is 3. The summed E-state index contributed by atoms with van der Waals surface area (Å²) in [6.45, 7) is 4.32. The Labute approximate surface area is 205 Å². The van der Waals surface area contributed by atoms with Gasteiger partial charge in [0.15, 0.2) is 5.16 Å². The molecule has 1 aliphatic carbocycles. The van der Waals surface area contributed by atoms with Gasteiger partial charge in [-0.3, -0.25) is 9.36 Å². The van der Waals surface area contributed by atoms with Crippen LogP contribution in [0, 0.1) is 12.8 Å². The van der Waals surface area contributed by atoms with Gasteiger partial charge in [0.1, 0.15) is 4.83 Å². The molecule has 1 unspecified atom stereocenters. The van der Waals surface area contributed by atoms with E-state index in [4.69, 9.17) is 28.2 Å². The normalized spacial score (nSPS) is 15.8. The van der Waals surface area contributed by atoms with Gasteiger partial charge in [0.25, 0.3) is 5.56 Å².